The van der Waals surface area contributed by atoms with Gasteiger partial charge in [-0.25, -0.2) is 0 Å². The molecule has 2 aromatic carbocycles. The summed E-state index contributed by atoms with van der Waals surface area (Å²) in [5, 5.41) is 18.9. The van der Waals surface area contributed by atoms with Crippen LogP contribution < -0.4 is 11.5 Å². The highest BCUT2D eigenvalue weighted by atomic mass is 35.5. The first-order chi connectivity index (χ1) is 11.0. The third-order valence-corrected chi connectivity index (χ3v) is 3.48. The van der Waals surface area contributed by atoms with Gasteiger partial charge in [0.2, 0.25) is 0 Å². The SMILES string of the molecule is Cl.Cl.N=C(N)c1ccc(-c2cc(-c3ccc(C(=N)N)cc3)on2)cc1. The third-order valence-electron chi connectivity index (χ3n) is 3.48. The van der Waals surface area contributed by atoms with Crippen molar-refractivity contribution in [2.45, 2.75) is 0 Å². The van der Waals surface area contributed by atoms with E-state index in [0.29, 0.717) is 22.6 Å². The molecule has 0 saturated heterocycles. The molecule has 0 bridgehead atoms. The van der Waals surface area contributed by atoms with Gasteiger partial charge >= 0.3 is 0 Å². The minimum Gasteiger partial charge on any atom is -0.384 e. The Labute approximate surface area is 157 Å². The topological polar surface area (TPSA) is 126 Å². The molecule has 0 unspecified atom stereocenters. The van der Waals surface area contributed by atoms with E-state index in [4.69, 9.17) is 26.8 Å². The normalized spacial score (nSPS) is 9.60. The van der Waals surface area contributed by atoms with E-state index in [1.807, 2.05) is 30.3 Å². The van der Waals surface area contributed by atoms with Crippen LogP contribution in [-0.2, 0) is 0 Å². The summed E-state index contributed by atoms with van der Waals surface area (Å²) in [5.41, 5.74) is 14.6. The molecule has 0 aliphatic heterocycles. The van der Waals surface area contributed by atoms with Crippen LogP contribution in [0.4, 0.5) is 0 Å². The van der Waals surface area contributed by atoms with Crippen molar-refractivity contribution in [3.05, 3.63) is 65.7 Å². The molecule has 0 atom stereocenters. The third kappa shape index (κ3) is 4.37. The summed E-state index contributed by atoms with van der Waals surface area (Å²) < 4.78 is 5.38. The lowest BCUT2D eigenvalue weighted by molar-refractivity contribution is 0.435. The number of aromatic nitrogens is 1. The number of nitrogens with one attached hydrogen (secondary N) is 2. The molecule has 3 rings (SSSR count). The van der Waals surface area contributed by atoms with Crippen LogP contribution in [0.25, 0.3) is 22.6 Å². The zero-order chi connectivity index (χ0) is 16.4. The van der Waals surface area contributed by atoms with Gasteiger partial charge < -0.3 is 16.0 Å². The molecule has 3 aromatic rings. The van der Waals surface area contributed by atoms with E-state index in [1.165, 1.54) is 0 Å². The van der Waals surface area contributed by atoms with Crippen molar-refractivity contribution in [2.24, 2.45) is 11.5 Å². The fourth-order valence-corrected chi connectivity index (χ4v) is 2.18. The van der Waals surface area contributed by atoms with E-state index < -0.39 is 0 Å². The van der Waals surface area contributed by atoms with Crippen molar-refractivity contribution >= 4 is 36.5 Å². The fraction of sp³-hybridized carbons (Fsp3) is 0. The summed E-state index contributed by atoms with van der Waals surface area (Å²) in [6, 6.07) is 16.3. The van der Waals surface area contributed by atoms with E-state index in [0.717, 1.165) is 11.1 Å². The Hall–Kier alpha value is -2.83. The van der Waals surface area contributed by atoms with Gasteiger partial charge in [-0.15, -0.1) is 24.8 Å². The van der Waals surface area contributed by atoms with Crippen LogP contribution >= 0.6 is 24.8 Å². The van der Waals surface area contributed by atoms with E-state index >= 15 is 0 Å². The van der Waals surface area contributed by atoms with E-state index in [9.17, 15) is 0 Å². The Morgan fingerprint density at radius 1 is 0.760 bits per heavy atom. The van der Waals surface area contributed by atoms with Crippen LogP contribution in [-0.4, -0.2) is 16.8 Å². The highest BCUT2D eigenvalue weighted by Gasteiger charge is 2.09. The lowest BCUT2D eigenvalue weighted by Gasteiger charge is -1.99. The summed E-state index contributed by atoms with van der Waals surface area (Å²) >= 11 is 0. The second-order valence-corrected chi connectivity index (χ2v) is 5.06. The molecule has 0 aliphatic carbocycles. The summed E-state index contributed by atoms with van der Waals surface area (Å²) in [7, 11) is 0. The molecular formula is C17H17Cl2N5O. The lowest BCUT2D eigenvalue weighted by atomic mass is 10.1. The fourth-order valence-electron chi connectivity index (χ4n) is 2.18. The number of benzene rings is 2. The first-order valence-electron chi connectivity index (χ1n) is 6.91. The lowest BCUT2D eigenvalue weighted by Crippen LogP contribution is -2.10. The smallest absolute Gasteiger partial charge is 0.167 e. The van der Waals surface area contributed by atoms with Crippen molar-refractivity contribution in [3.63, 3.8) is 0 Å². The van der Waals surface area contributed by atoms with Crippen molar-refractivity contribution < 1.29 is 4.52 Å². The Kier molecular flexibility index (Phi) is 6.73. The number of hydrogen-bond donors (Lipinski definition) is 4. The second-order valence-electron chi connectivity index (χ2n) is 5.06. The zero-order valence-electron chi connectivity index (χ0n) is 13.0. The van der Waals surface area contributed by atoms with Crippen molar-refractivity contribution in [1.29, 1.82) is 10.8 Å². The minimum atomic E-state index is 0. The zero-order valence-corrected chi connectivity index (χ0v) is 14.7. The van der Waals surface area contributed by atoms with Gasteiger partial charge in [-0.1, -0.05) is 53.7 Å². The average molecular weight is 378 g/mol. The molecule has 6 N–H and O–H groups in total. The Morgan fingerprint density at radius 3 is 1.64 bits per heavy atom. The quantitative estimate of drug-likeness (QED) is 0.410. The second kappa shape index (κ2) is 8.32. The van der Waals surface area contributed by atoms with Gasteiger partial charge in [0, 0.05) is 28.3 Å². The largest absolute Gasteiger partial charge is 0.384 e. The number of nitrogens with zero attached hydrogens (tertiary/aromatic N) is 1. The molecule has 130 valence electrons. The van der Waals surface area contributed by atoms with Crippen molar-refractivity contribution in [3.8, 4) is 22.6 Å². The summed E-state index contributed by atoms with van der Waals surface area (Å²) in [6.45, 7) is 0. The molecule has 1 aromatic heterocycles. The molecule has 0 aliphatic rings. The maximum absolute atomic E-state index is 7.39. The number of nitrogens with two attached hydrogens (primary N) is 2. The van der Waals surface area contributed by atoms with Gasteiger partial charge in [0.1, 0.15) is 17.4 Å². The number of halogens is 2. The van der Waals surface area contributed by atoms with E-state index in [-0.39, 0.29) is 36.5 Å². The van der Waals surface area contributed by atoms with Crippen molar-refractivity contribution in [2.75, 3.05) is 0 Å². The molecule has 0 spiro atoms. The molecule has 8 heteroatoms. The molecular weight excluding hydrogens is 361 g/mol. The van der Waals surface area contributed by atoms with Crippen LogP contribution in [0.3, 0.4) is 0 Å². The minimum absolute atomic E-state index is 0. The molecule has 0 amide bonds. The standard InChI is InChI=1S/C17H15N5O.2ClH/c18-16(19)12-5-1-10(2-6-12)14-9-15(23-22-14)11-3-7-13(8-4-11)17(20)21;;/h1-9H,(H3,18,19)(H3,20,21);2*1H. The van der Waals surface area contributed by atoms with Crippen molar-refractivity contribution in [1.82, 2.24) is 5.16 Å². The monoisotopic (exact) mass is 377 g/mol. The number of amidine groups is 2. The van der Waals surface area contributed by atoms with Gasteiger partial charge in [0.15, 0.2) is 5.76 Å². The summed E-state index contributed by atoms with van der Waals surface area (Å²) in [4.78, 5) is 0. The molecule has 0 radical (unpaired) electrons. The van der Waals surface area contributed by atoms with Crippen LogP contribution in [0.1, 0.15) is 11.1 Å². The molecule has 25 heavy (non-hydrogen) atoms. The van der Waals surface area contributed by atoms with Gasteiger partial charge in [-0.2, -0.15) is 0 Å². The van der Waals surface area contributed by atoms with Crippen LogP contribution in [0.2, 0.25) is 0 Å². The predicted octanol–water partition coefficient (Wildman–Crippen LogP) is 3.42. The van der Waals surface area contributed by atoms with Crippen LogP contribution in [0.5, 0.6) is 0 Å². The number of rotatable bonds is 4. The molecule has 0 fully saturated rings. The highest BCUT2D eigenvalue weighted by Crippen LogP contribution is 2.26. The average Bonchev–Trinajstić information content (AvgIpc) is 3.05. The molecule has 1 heterocycles. The first-order valence-corrected chi connectivity index (χ1v) is 6.91. The Balaban J connectivity index is 0.00000156. The Bertz CT molecular complexity index is 801. The first kappa shape index (κ1) is 20.2. The van der Waals surface area contributed by atoms with Gasteiger partial charge in [-0.05, 0) is 0 Å². The van der Waals surface area contributed by atoms with E-state index in [1.54, 1.807) is 24.3 Å². The van der Waals surface area contributed by atoms with Gasteiger partial charge in [-0.3, -0.25) is 10.8 Å². The highest BCUT2D eigenvalue weighted by molar-refractivity contribution is 5.96. The summed E-state index contributed by atoms with van der Waals surface area (Å²) in [6.07, 6.45) is 0. The maximum Gasteiger partial charge on any atom is 0.167 e. The Morgan fingerprint density at radius 2 is 1.20 bits per heavy atom. The van der Waals surface area contributed by atoms with Gasteiger partial charge in [0.05, 0.1) is 0 Å². The van der Waals surface area contributed by atoms with Gasteiger partial charge in [0.25, 0.3) is 0 Å². The number of hydrogen-bond acceptors (Lipinski definition) is 4. The molecule has 6 nitrogen and oxygen atoms in total. The maximum atomic E-state index is 7.39. The molecule has 0 saturated carbocycles. The summed E-state index contributed by atoms with van der Waals surface area (Å²) in [5.74, 6) is 0.689. The van der Waals surface area contributed by atoms with Crippen LogP contribution in [0, 0.1) is 10.8 Å². The van der Waals surface area contributed by atoms with E-state index in [2.05, 4.69) is 5.16 Å². The predicted molar refractivity (Wildman–Crippen MR) is 104 cm³/mol. The van der Waals surface area contributed by atoms with Crippen LogP contribution in [0.15, 0.2) is 59.1 Å². The number of nitrogen functional groups attached to an aromatic ring is 2.